The number of rotatable bonds is 9. The minimum Gasteiger partial charge on any atom is -0.497 e. The Labute approximate surface area is 260 Å². The molecule has 3 aromatic carbocycles. The van der Waals surface area contributed by atoms with Gasteiger partial charge in [0.2, 0.25) is 0 Å². The lowest BCUT2D eigenvalue weighted by Gasteiger charge is -2.59. The number of aliphatic carboxylic acids is 1. The van der Waals surface area contributed by atoms with Crippen LogP contribution in [0.5, 0.6) is 5.75 Å². The van der Waals surface area contributed by atoms with Crippen LogP contribution in [0.25, 0.3) is 0 Å². The summed E-state index contributed by atoms with van der Waals surface area (Å²) in [7, 11) is 1.52. The number of piperidine rings is 3. The highest BCUT2D eigenvalue weighted by atomic mass is 19.4. The summed E-state index contributed by atoms with van der Waals surface area (Å²) in [6.45, 7) is 0.259. The van der Waals surface area contributed by atoms with Crippen LogP contribution in [0.1, 0.15) is 46.7 Å². The zero-order chi connectivity index (χ0) is 33.3. The molecule has 0 amide bonds. The molecular weight excluding hydrogens is 620 g/mol. The van der Waals surface area contributed by atoms with E-state index < -0.39 is 60.4 Å². The largest absolute Gasteiger partial charge is 0.497 e. The number of ether oxygens (including phenoxy) is 3. The van der Waals surface area contributed by atoms with Gasteiger partial charge in [0, 0.05) is 30.7 Å². The number of alkyl halides is 6. The number of carbonyl (C=O) groups excluding carboxylic acids is 1. The fourth-order valence-corrected chi connectivity index (χ4v) is 6.79. The lowest BCUT2D eigenvalue weighted by Crippen LogP contribution is -2.72. The zero-order valence-corrected chi connectivity index (χ0v) is 24.7. The third-order valence-electron chi connectivity index (χ3n) is 8.95. The second-order valence-corrected chi connectivity index (χ2v) is 11.7. The molecule has 7 nitrogen and oxygen atoms in total. The van der Waals surface area contributed by atoms with Gasteiger partial charge in [0.15, 0.2) is 6.10 Å². The summed E-state index contributed by atoms with van der Waals surface area (Å²) in [6.07, 6.45) is -10.8. The first kappa shape index (κ1) is 33.3. The van der Waals surface area contributed by atoms with Crippen molar-refractivity contribution in [3.63, 3.8) is 0 Å². The van der Waals surface area contributed by atoms with E-state index in [-0.39, 0.29) is 22.0 Å². The number of methoxy groups -OCH3 is 1. The van der Waals surface area contributed by atoms with E-state index in [2.05, 4.69) is 0 Å². The standard InChI is InChI=1S/C33H31F6NO6/c1-44-26-9-5-8-23(17-26)27(16-20-6-3-2-4-7-20)40-12-10-22(11-13-40)28(29(40)46-31(43)30(41)42)45-19-21-14-24(32(34,35)36)18-25(15-21)33(37,38)39/h2-9,14-15,17-18,22,27-29H,10-13,16,19H2,1H3/p+1. The number of quaternary nitrogens is 1. The average Bonchev–Trinajstić information content (AvgIpc) is 3.03. The Kier molecular flexibility index (Phi) is 9.37. The number of esters is 1. The third-order valence-corrected chi connectivity index (χ3v) is 8.95. The summed E-state index contributed by atoms with van der Waals surface area (Å²) in [4.78, 5) is 24.3. The minimum atomic E-state index is -5.04. The molecule has 3 heterocycles. The SMILES string of the molecule is COc1cccc(C(Cc2ccccc2)[N+]23CCC(CC2)C(OCc2cc(C(F)(F)F)cc(C(F)(F)F)c2)C3OC(=O)C(=O)O)c1. The lowest BCUT2D eigenvalue weighted by atomic mass is 9.78. The maximum atomic E-state index is 13.5. The molecule has 3 aliphatic heterocycles. The van der Waals surface area contributed by atoms with E-state index >= 15 is 0 Å². The number of hydrogen-bond acceptors (Lipinski definition) is 5. The van der Waals surface area contributed by atoms with Crippen molar-refractivity contribution in [3.8, 4) is 5.75 Å². The smallest absolute Gasteiger partial charge is 0.421 e. The number of fused-ring (bicyclic) bond motifs is 3. The molecule has 3 saturated heterocycles. The normalized spacial score (nSPS) is 23.5. The molecule has 0 saturated carbocycles. The van der Waals surface area contributed by atoms with E-state index in [1.54, 1.807) is 12.1 Å². The molecule has 13 heteroatoms. The van der Waals surface area contributed by atoms with Gasteiger partial charge in [0.25, 0.3) is 6.23 Å². The van der Waals surface area contributed by atoms with Crippen molar-refractivity contribution in [1.82, 2.24) is 0 Å². The van der Waals surface area contributed by atoms with E-state index in [4.69, 9.17) is 14.2 Å². The van der Waals surface area contributed by atoms with Crippen LogP contribution >= 0.6 is 0 Å². The van der Waals surface area contributed by atoms with E-state index in [0.29, 0.717) is 50.2 Å². The van der Waals surface area contributed by atoms with Gasteiger partial charge in [0.05, 0.1) is 37.9 Å². The van der Waals surface area contributed by atoms with E-state index in [9.17, 15) is 41.0 Å². The molecule has 0 aromatic heterocycles. The fraction of sp³-hybridized carbons (Fsp3) is 0.394. The Morgan fingerprint density at radius 2 is 1.50 bits per heavy atom. The number of carbonyl (C=O) groups is 2. The Balaban J connectivity index is 1.56. The monoisotopic (exact) mass is 652 g/mol. The topological polar surface area (TPSA) is 82.1 Å². The molecule has 1 N–H and O–H groups in total. The van der Waals surface area contributed by atoms with Crippen molar-refractivity contribution in [3.05, 3.63) is 101 Å². The Morgan fingerprint density at radius 1 is 0.870 bits per heavy atom. The molecule has 3 fully saturated rings. The van der Waals surface area contributed by atoms with Crippen LogP contribution in [-0.2, 0) is 44.4 Å². The summed E-state index contributed by atoms with van der Waals surface area (Å²) in [5.41, 5.74) is -1.57. The first-order chi connectivity index (χ1) is 21.7. The number of hydrogen-bond donors (Lipinski definition) is 1. The van der Waals surface area contributed by atoms with Crippen molar-refractivity contribution in [2.24, 2.45) is 5.92 Å². The highest BCUT2D eigenvalue weighted by Crippen LogP contribution is 2.49. The van der Waals surface area contributed by atoms with Gasteiger partial charge in [-0.25, -0.2) is 9.59 Å². The zero-order valence-electron chi connectivity index (χ0n) is 24.7. The lowest BCUT2D eigenvalue weighted by molar-refractivity contribution is -1.01. The van der Waals surface area contributed by atoms with Crippen molar-refractivity contribution < 1.29 is 59.7 Å². The summed E-state index contributed by atoms with van der Waals surface area (Å²) in [6, 6.07) is 17.6. The molecule has 2 bridgehead atoms. The summed E-state index contributed by atoms with van der Waals surface area (Å²) < 4.78 is 98.5. The molecule has 0 spiro atoms. The van der Waals surface area contributed by atoms with Crippen molar-refractivity contribution in [1.29, 1.82) is 0 Å². The summed E-state index contributed by atoms with van der Waals surface area (Å²) in [5.74, 6) is -3.10. The molecule has 0 radical (unpaired) electrons. The van der Waals surface area contributed by atoms with Crippen LogP contribution < -0.4 is 4.74 Å². The van der Waals surface area contributed by atoms with E-state index in [1.165, 1.54) is 7.11 Å². The maximum absolute atomic E-state index is 13.5. The second kappa shape index (κ2) is 13.0. The van der Waals surface area contributed by atoms with E-state index in [0.717, 1.165) is 11.1 Å². The molecule has 3 unspecified atom stereocenters. The Morgan fingerprint density at radius 3 is 2.07 bits per heavy atom. The van der Waals surface area contributed by atoms with Gasteiger partial charge < -0.3 is 19.3 Å². The van der Waals surface area contributed by atoms with Gasteiger partial charge >= 0.3 is 24.3 Å². The van der Waals surface area contributed by atoms with Crippen LogP contribution in [0.15, 0.2) is 72.8 Å². The molecule has 3 aromatic rings. The average molecular weight is 653 g/mol. The molecule has 0 aliphatic carbocycles. The molecule has 3 aliphatic rings. The van der Waals surface area contributed by atoms with Crippen LogP contribution in [-0.4, -0.2) is 54.1 Å². The highest BCUT2D eigenvalue weighted by molar-refractivity contribution is 6.28. The molecule has 246 valence electrons. The van der Waals surface area contributed by atoms with E-state index in [1.807, 2.05) is 42.5 Å². The number of benzene rings is 3. The van der Waals surface area contributed by atoms with Crippen LogP contribution in [0, 0.1) is 5.92 Å². The van der Waals surface area contributed by atoms with Crippen molar-refractivity contribution in [2.75, 3.05) is 20.2 Å². The quantitative estimate of drug-likeness (QED) is 0.119. The number of halogens is 6. The van der Waals surface area contributed by atoms with Gasteiger partial charge in [-0.3, -0.25) is 4.48 Å². The second-order valence-electron chi connectivity index (χ2n) is 11.7. The predicted molar refractivity (Wildman–Crippen MR) is 151 cm³/mol. The van der Waals surface area contributed by atoms with Gasteiger partial charge in [-0.05, 0) is 41.5 Å². The first-order valence-electron chi connectivity index (χ1n) is 14.6. The van der Waals surface area contributed by atoms with Gasteiger partial charge in [0.1, 0.15) is 11.8 Å². The van der Waals surface area contributed by atoms with Gasteiger partial charge in [-0.15, -0.1) is 0 Å². The first-order valence-corrected chi connectivity index (χ1v) is 14.6. The number of carboxylic acid groups (broad SMARTS) is 1. The van der Waals surface area contributed by atoms with Crippen molar-refractivity contribution in [2.45, 2.75) is 56.6 Å². The van der Waals surface area contributed by atoms with Crippen LogP contribution in [0.3, 0.4) is 0 Å². The summed E-state index contributed by atoms with van der Waals surface area (Å²) in [5, 5.41) is 9.48. The number of nitrogens with zero attached hydrogens (tertiary/aromatic N) is 1. The molecule has 3 atom stereocenters. The van der Waals surface area contributed by atoms with Gasteiger partial charge in [-0.2, -0.15) is 26.3 Å². The predicted octanol–water partition coefficient (Wildman–Crippen LogP) is 6.80. The minimum absolute atomic E-state index is 0.0394. The van der Waals surface area contributed by atoms with Crippen LogP contribution in [0.2, 0.25) is 0 Å². The van der Waals surface area contributed by atoms with Gasteiger partial charge in [-0.1, -0.05) is 42.5 Å². The summed E-state index contributed by atoms with van der Waals surface area (Å²) >= 11 is 0. The molecule has 46 heavy (non-hydrogen) atoms. The Bertz CT molecular complexity index is 1520. The molecular formula is C33H32F6NO6+. The van der Waals surface area contributed by atoms with Crippen molar-refractivity contribution >= 4 is 11.9 Å². The fourth-order valence-electron chi connectivity index (χ4n) is 6.79. The molecule has 6 rings (SSSR count). The Hall–Kier alpha value is -4.10. The maximum Gasteiger partial charge on any atom is 0.421 e. The number of carboxylic acids is 1. The third kappa shape index (κ3) is 7.00. The highest BCUT2D eigenvalue weighted by Gasteiger charge is 2.60. The van der Waals surface area contributed by atoms with Crippen LogP contribution in [0.4, 0.5) is 26.3 Å².